The topological polar surface area (TPSA) is 67.8 Å². The fourth-order valence-corrected chi connectivity index (χ4v) is 3.17. The first-order chi connectivity index (χ1) is 13.2. The summed E-state index contributed by atoms with van der Waals surface area (Å²) in [6, 6.07) is 4.13. The summed E-state index contributed by atoms with van der Waals surface area (Å²) in [5.74, 6) is 2.33. The molecular weight excluding hydrogens is 467 g/mol. The summed E-state index contributed by atoms with van der Waals surface area (Å²) in [4.78, 5) is 9.06. The zero-order valence-electron chi connectivity index (χ0n) is 17.5. The fourth-order valence-electron chi connectivity index (χ4n) is 3.17. The van der Waals surface area contributed by atoms with Gasteiger partial charge < -0.3 is 20.1 Å². The van der Waals surface area contributed by atoms with Crippen LogP contribution >= 0.6 is 24.0 Å². The molecule has 2 heterocycles. The van der Waals surface area contributed by atoms with Crippen molar-refractivity contribution in [1.29, 1.82) is 0 Å². The van der Waals surface area contributed by atoms with E-state index in [1.54, 1.807) is 0 Å². The second-order valence-corrected chi connectivity index (χ2v) is 7.44. The smallest absolute Gasteiger partial charge is 0.191 e. The largest absolute Gasteiger partial charge is 0.381 e. The van der Waals surface area contributed by atoms with Crippen molar-refractivity contribution >= 4 is 29.9 Å². The number of nitrogens with one attached hydrogen (secondary N) is 2. The van der Waals surface area contributed by atoms with Gasteiger partial charge in [0, 0.05) is 57.1 Å². The van der Waals surface area contributed by atoms with Gasteiger partial charge in [0.05, 0.1) is 13.2 Å². The van der Waals surface area contributed by atoms with Gasteiger partial charge in [0.15, 0.2) is 5.96 Å². The number of aromatic nitrogens is 1. The lowest BCUT2D eigenvalue weighted by Gasteiger charge is -2.20. The van der Waals surface area contributed by atoms with Gasteiger partial charge in [-0.05, 0) is 37.3 Å². The molecule has 1 aliphatic rings. The van der Waals surface area contributed by atoms with Gasteiger partial charge in [-0.3, -0.25) is 9.98 Å². The first-order valence-corrected chi connectivity index (χ1v) is 10.3. The van der Waals surface area contributed by atoms with Crippen LogP contribution in [0.2, 0.25) is 0 Å². The highest BCUT2D eigenvalue weighted by Gasteiger charge is 2.16. The molecule has 0 spiro atoms. The lowest BCUT2D eigenvalue weighted by Crippen LogP contribution is -2.38. The predicted molar refractivity (Wildman–Crippen MR) is 126 cm³/mol. The Hall–Kier alpha value is -0.930. The molecule has 28 heavy (non-hydrogen) atoms. The standard InChI is InChI=1S/C21H36N4O2.HI/c1-4-23-21(24-10-6-11-26-15-18-8-12-27-16-18)25-14-20(17(2)3)19-7-5-9-22-13-19;/h5,7,9,13,17-18,20H,4,6,8,10-12,14-16H2,1-3H3,(H2,23,24,25);1H. The molecule has 0 bridgehead atoms. The highest BCUT2D eigenvalue weighted by molar-refractivity contribution is 14.0. The molecule has 2 N–H and O–H groups in total. The highest BCUT2D eigenvalue weighted by Crippen LogP contribution is 2.23. The highest BCUT2D eigenvalue weighted by atomic mass is 127. The fraction of sp³-hybridized carbons (Fsp3) is 0.714. The number of hydrogen-bond acceptors (Lipinski definition) is 4. The van der Waals surface area contributed by atoms with Gasteiger partial charge in [-0.1, -0.05) is 19.9 Å². The van der Waals surface area contributed by atoms with Gasteiger partial charge in [0.25, 0.3) is 0 Å². The molecule has 0 aromatic carbocycles. The summed E-state index contributed by atoms with van der Waals surface area (Å²) in [6.45, 7) is 12.3. The lowest BCUT2D eigenvalue weighted by atomic mass is 9.89. The van der Waals surface area contributed by atoms with Crippen LogP contribution in [0, 0.1) is 11.8 Å². The van der Waals surface area contributed by atoms with Crippen LogP contribution in [0.1, 0.15) is 45.1 Å². The Morgan fingerprint density at radius 3 is 2.89 bits per heavy atom. The van der Waals surface area contributed by atoms with Gasteiger partial charge in [-0.25, -0.2) is 0 Å². The van der Waals surface area contributed by atoms with Crippen molar-refractivity contribution in [1.82, 2.24) is 15.6 Å². The number of hydrogen-bond donors (Lipinski definition) is 2. The quantitative estimate of drug-likeness (QED) is 0.209. The Bertz CT molecular complexity index is 536. The van der Waals surface area contributed by atoms with E-state index in [0.29, 0.717) is 17.8 Å². The minimum absolute atomic E-state index is 0. The van der Waals surface area contributed by atoms with Crippen LogP contribution in [0.15, 0.2) is 29.5 Å². The van der Waals surface area contributed by atoms with E-state index in [-0.39, 0.29) is 24.0 Å². The molecule has 2 unspecified atom stereocenters. The number of pyridine rings is 1. The molecule has 0 radical (unpaired) electrons. The number of guanidine groups is 1. The zero-order valence-corrected chi connectivity index (χ0v) is 19.9. The summed E-state index contributed by atoms with van der Waals surface area (Å²) in [5, 5.41) is 6.74. The van der Waals surface area contributed by atoms with Gasteiger partial charge in [-0.15, -0.1) is 24.0 Å². The van der Waals surface area contributed by atoms with Crippen molar-refractivity contribution in [3.63, 3.8) is 0 Å². The Morgan fingerprint density at radius 2 is 2.25 bits per heavy atom. The average Bonchev–Trinajstić information content (AvgIpc) is 3.18. The van der Waals surface area contributed by atoms with Gasteiger partial charge in [0.1, 0.15) is 0 Å². The molecular formula is C21H37IN4O2. The molecule has 2 atom stereocenters. The van der Waals surface area contributed by atoms with Crippen molar-refractivity contribution < 1.29 is 9.47 Å². The monoisotopic (exact) mass is 504 g/mol. The molecule has 1 aromatic rings. The molecule has 0 aliphatic carbocycles. The van der Waals surface area contributed by atoms with E-state index in [0.717, 1.165) is 64.9 Å². The van der Waals surface area contributed by atoms with E-state index in [4.69, 9.17) is 14.5 Å². The molecule has 160 valence electrons. The molecule has 6 nitrogen and oxygen atoms in total. The predicted octanol–water partition coefficient (Wildman–Crippen LogP) is 3.44. The molecule has 1 saturated heterocycles. The van der Waals surface area contributed by atoms with Crippen molar-refractivity contribution in [2.75, 3.05) is 46.1 Å². The number of halogens is 1. The van der Waals surface area contributed by atoms with Crippen LogP contribution in [0.5, 0.6) is 0 Å². The number of ether oxygens (including phenoxy) is 2. The van der Waals surface area contributed by atoms with E-state index >= 15 is 0 Å². The SMILES string of the molecule is CCNC(=NCC(c1cccnc1)C(C)C)NCCCOCC1CCOC1.I. The Kier molecular flexibility index (Phi) is 13.4. The summed E-state index contributed by atoms with van der Waals surface area (Å²) < 4.78 is 11.1. The summed E-state index contributed by atoms with van der Waals surface area (Å²) in [6.07, 6.45) is 5.86. The molecule has 2 rings (SSSR count). The Morgan fingerprint density at radius 1 is 1.39 bits per heavy atom. The van der Waals surface area contributed by atoms with Crippen LogP contribution in [0.25, 0.3) is 0 Å². The lowest BCUT2D eigenvalue weighted by molar-refractivity contribution is 0.0888. The van der Waals surface area contributed by atoms with E-state index in [1.807, 2.05) is 18.5 Å². The average molecular weight is 504 g/mol. The van der Waals surface area contributed by atoms with E-state index in [1.165, 1.54) is 5.56 Å². The summed E-state index contributed by atoms with van der Waals surface area (Å²) in [7, 11) is 0. The minimum Gasteiger partial charge on any atom is -0.381 e. The maximum atomic E-state index is 5.76. The molecule has 1 aromatic heterocycles. The van der Waals surface area contributed by atoms with Gasteiger partial charge in [-0.2, -0.15) is 0 Å². The number of rotatable bonds is 11. The summed E-state index contributed by atoms with van der Waals surface area (Å²) in [5.41, 5.74) is 1.25. The van der Waals surface area contributed by atoms with Crippen LogP contribution < -0.4 is 10.6 Å². The van der Waals surface area contributed by atoms with Crippen molar-refractivity contribution in [3.8, 4) is 0 Å². The zero-order chi connectivity index (χ0) is 19.3. The van der Waals surface area contributed by atoms with Crippen LogP contribution in [-0.4, -0.2) is 57.0 Å². The number of nitrogens with zero attached hydrogens (tertiary/aromatic N) is 2. The second-order valence-electron chi connectivity index (χ2n) is 7.44. The van der Waals surface area contributed by atoms with Crippen molar-refractivity contribution in [2.24, 2.45) is 16.8 Å². The maximum Gasteiger partial charge on any atom is 0.191 e. The third-order valence-electron chi connectivity index (χ3n) is 4.84. The first kappa shape index (κ1) is 25.1. The minimum atomic E-state index is 0. The molecule has 1 fully saturated rings. The molecule has 0 saturated carbocycles. The number of aliphatic imine (C=N–C) groups is 1. The normalized spacial score (nSPS) is 18.0. The maximum absolute atomic E-state index is 5.76. The first-order valence-electron chi connectivity index (χ1n) is 10.3. The second kappa shape index (κ2) is 15.0. The van der Waals surface area contributed by atoms with Crippen molar-refractivity contribution in [2.45, 2.75) is 39.5 Å². The van der Waals surface area contributed by atoms with E-state index in [2.05, 4.69) is 42.5 Å². The van der Waals surface area contributed by atoms with Crippen LogP contribution in [-0.2, 0) is 9.47 Å². The van der Waals surface area contributed by atoms with Gasteiger partial charge >= 0.3 is 0 Å². The third-order valence-corrected chi connectivity index (χ3v) is 4.84. The van der Waals surface area contributed by atoms with Crippen LogP contribution in [0.3, 0.4) is 0 Å². The molecule has 0 amide bonds. The van der Waals surface area contributed by atoms with Gasteiger partial charge in [0.2, 0.25) is 0 Å². The Balaban J connectivity index is 0.00000392. The van der Waals surface area contributed by atoms with Crippen LogP contribution in [0.4, 0.5) is 0 Å². The third kappa shape index (κ3) is 9.52. The van der Waals surface area contributed by atoms with E-state index < -0.39 is 0 Å². The molecule has 1 aliphatic heterocycles. The Labute approximate surface area is 187 Å². The van der Waals surface area contributed by atoms with Crippen molar-refractivity contribution in [3.05, 3.63) is 30.1 Å². The summed E-state index contributed by atoms with van der Waals surface area (Å²) >= 11 is 0. The van der Waals surface area contributed by atoms with E-state index in [9.17, 15) is 0 Å². The molecule has 7 heteroatoms.